The van der Waals surface area contributed by atoms with Crippen LogP contribution in [0, 0.1) is 17.5 Å². The standard InChI is InChI=1S/C9H8F3N/c10-5-1-2-6(11)9(12)8(5)7-3-4-13-7/h1-2,7,13H,3-4H2/t7-/m1/s1. The van der Waals surface area contributed by atoms with E-state index in [9.17, 15) is 13.2 Å². The quantitative estimate of drug-likeness (QED) is 0.664. The van der Waals surface area contributed by atoms with Crippen molar-refractivity contribution in [2.45, 2.75) is 12.5 Å². The van der Waals surface area contributed by atoms with Crippen LogP contribution < -0.4 is 5.32 Å². The minimum atomic E-state index is -1.07. The molecule has 70 valence electrons. The number of halogens is 3. The van der Waals surface area contributed by atoms with Crippen LogP contribution in [0.1, 0.15) is 18.0 Å². The van der Waals surface area contributed by atoms with Gasteiger partial charge in [-0.1, -0.05) is 0 Å². The van der Waals surface area contributed by atoms with Crippen LogP contribution in [0.4, 0.5) is 13.2 Å². The minimum absolute atomic E-state index is 0.175. The van der Waals surface area contributed by atoms with Gasteiger partial charge in [-0.05, 0) is 25.1 Å². The van der Waals surface area contributed by atoms with Gasteiger partial charge in [-0.15, -0.1) is 0 Å². The Morgan fingerprint density at radius 2 is 1.77 bits per heavy atom. The average Bonchev–Trinajstić information content (AvgIpc) is 2.02. The van der Waals surface area contributed by atoms with Crippen LogP contribution in [0.5, 0.6) is 0 Å². The summed E-state index contributed by atoms with van der Waals surface area (Å²) in [4.78, 5) is 0. The molecule has 4 heteroatoms. The van der Waals surface area contributed by atoms with E-state index in [4.69, 9.17) is 0 Å². The van der Waals surface area contributed by atoms with Gasteiger partial charge in [0, 0.05) is 11.6 Å². The van der Waals surface area contributed by atoms with Gasteiger partial charge >= 0.3 is 0 Å². The van der Waals surface area contributed by atoms with Crippen molar-refractivity contribution in [1.82, 2.24) is 5.32 Å². The molecule has 1 aliphatic heterocycles. The summed E-state index contributed by atoms with van der Waals surface area (Å²) in [6.07, 6.45) is 0.650. The molecule has 1 fully saturated rings. The van der Waals surface area contributed by atoms with Gasteiger partial charge in [0.25, 0.3) is 0 Å². The number of rotatable bonds is 1. The highest BCUT2D eigenvalue weighted by atomic mass is 19.2. The van der Waals surface area contributed by atoms with Crippen molar-refractivity contribution < 1.29 is 13.2 Å². The molecule has 2 rings (SSSR count). The molecule has 1 aromatic rings. The van der Waals surface area contributed by atoms with Gasteiger partial charge in [0.2, 0.25) is 0 Å². The lowest BCUT2D eigenvalue weighted by atomic mass is 9.97. The molecule has 0 saturated carbocycles. The first-order valence-corrected chi connectivity index (χ1v) is 4.07. The first-order valence-electron chi connectivity index (χ1n) is 4.07. The third-order valence-corrected chi connectivity index (χ3v) is 2.25. The topological polar surface area (TPSA) is 12.0 Å². The van der Waals surface area contributed by atoms with Crippen LogP contribution in [0.25, 0.3) is 0 Å². The molecular weight excluding hydrogens is 179 g/mol. The highest BCUT2D eigenvalue weighted by molar-refractivity contribution is 5.25. The Kier molecular flexibility index (Phi) is 2.00. The van der Waals surface area contributed by atoms with E-state index in [1.165, 1.54) is 0 Å². The molecule has 0 aromatic heterocycles. The van der Waals surface area contributed by atoms with Crippen molar-refractivity contribution >= 4 is 0 Å². The van der Waals surface area contributed by atoms with Gasteiger partial charge in [-0.3, -0.25) is 0 Å². The van der Waals surface area contributed by atoms with Gasteiger partial charge in [0.15, 0.2) is 11.6 Å². The van der Waals surface area contributed by atoms with E-state index >= 15 is 0 Å². The summed E-state index contributed by atoms with van der Waals surface area (Å²) in [6, 6.07) is 1.39. The second-order valence-corrected chi connectivity index (χ2v) is 3.05. The number of hydrogen-bond acceptors (Lipinski definition) is 1. The van der Waals surface area contributed by atoms with E-state index in [0.29, 0.717) is 6.42 Å². The fraction of sp³-hybridized carbons (Fsp3) is 0.333. The van der Waals surface area contributed by atoms with Crippen LogP contribution in [0.15, 0.2) is 12.1 Å². The highest BCUT2D eigenvalue weighted by Crippen LogP contribution is 2.28. The Morgan fingerprint density at radius 1 is 1.15 bits per heavy atom. The molecule has 0 bridgehead atoms. The van der Waals surface area contributed by atoms with E-state index in [1.807, 2.05) is 0 Å². The largest absolute Gasteiger partial charge is 0.310 e. The van der Waals surface area contributed by atoms with E-state index in [0.717, 1.165) is 18.7 Å². The first-order chi connectivity index (χ1) is 6.20. The van der Waals surface area contributed by atoms with E-state index in [2.05, 4.69) is 5.32 Å². The van der Waals surface area contributed by atoms with Crippen LogP contribution in [-0.4, -0.2) is 6.54 Å². The summed E-state index contributed by atoms with van der Waals surface area (Å²) < 4.78 is 38.8. The fourth-order valence-corrected chi connectivity index (χ4v) is 1.40. The zero-order valence-corrected chi connectivity index (χ0v) is 6.78. The third-order valence-electron chi connectivity index (χ3n) is 2.25. The summed E-state index contributed by atoms with van der Waals surface area (Å²) >= 11 is 0. The zero-order valence-electron chi connectivity index (χ0n) is 6.78. The molecule has 1 nitrogen and oxygen atoms in total. The fourth-order valence-electron chi connectivity index (χ4n) is 1.40. The maximum Gasteiger partial charge on any atom is 0.166 e. The summed E-state index contributed by atoms with van der Waals surface area (Å²) in [7, 11) is 0. The Hall–Kier alpha value is -1.03. The summed E-state index contributed by atoms with van der Waals surface area (Å²) in [5.41, 5.74) is -0.175. The monoisotopic (exact) mass is 187 g/mol. The molecule has 0 unspecified atom stereocenters. The number of benzene rings is 1. The molecule has 1 saturated heterocycles. The molecule has 1 atom stereocenters. The normalized spacial score (nSPS) is 21.3. The Labute approximate surface area is 73.6 Å². The van der Waals surface area contributed by atoms with Gasteiger partial charge in [0.05, 0.1) is 0 Å². The molecule has 0 aliphatic carbocycles. The van der Waals surface area contributed by atoms with Gasteiger partial charge in [-0.25, -0.2) is 13.2 Å². The molecule has 0 radical (unpaired) electrons. The maximum absolute atomic E-state index is 13.1. The molecule has 0 spiro atoms. The second kappa shape index (κ2) is 3.03. The predicted octanol–water partition coefficient (Wildman–Crippen LogP) is 2.14. The van der Waals surface area contributed by atoms with Crippen molar-refractivity contribution in [2.24, 2.45) is 0 Å². The molecular formula is C9H8F3N. The van der Waals surface area contributed by atoms with Crippen molar-refractivity contribution in [1.29, 1.82) is 0 Å². The summed E-state index contributed by atoms with van der Waals surface area (Å²) in [6.45, 7) is 0.722. The molecule has 0 amide bonds. The Morgan fingerprint density at radius 3 is 2.31 bits per heavy atom. The van der Waals surface area contributed by atoms with Crippen molar-refractivity contribution in [2.75, 3.05) is 6.54 Å². The lowest BCUT2D eigenvalue weighted by Crippen LogP contribution is -2.36. The summed E-state index contributed by atoms with van der Waals surface area (Å²) in [5, 5.41) is 2.82. The molecule has 1 aliphatic rings. The van der Waals surface area contributed by atoms with Gasteiger partial charge < -0.3 is 5.32 Å². The highest BCUT2D eigenvalue weighted by Gasteiger charge is 2.26. The molecule has 1 heterocycles. The number of nitrogens with one attached hydrogen (secondary N) is 1. The van der Waals surface area contributed by atoms with Crippen LogP contribution in [0.3, 0.4) is 0 Å². The maximum atomic E-state index is 13.1. The Bertz CT molecular complexity index is 334. The van der Waals surface area contributed by atoms with E-state index < -0.39 is 17.5 Å². The first kappa shape index (κ1) is 8.56. The minimum Gasteiger partial charge on any atom is -0.310 e. The Balaban J connectivity index is 2.46. The molecule has 1 N–H and O–H groups in total. The SMILES string of the molecule is Fc1ccc(F)c([C@H]2CCN2)c1F. The molecule has 1 aromatic carbocycles. The third kappa shape index (κ3) is 1.31. The van der Waals surface area contributed by atoms with Crippen molar-refractivity contribution in [3.8, 4) is 0 Å². The predicted molar refractivity (Wildman–Crippen MR) is 41.7 cm³/mol. The zero-order chi connectivity index (χ0) is 9.42. The van der Waals surface area contributed by atoms with Gasteiger partial charge in [0.1, 0.15) is 5.82 Å². The van der Waals surface area contributed by atoms with Gasteiger partial charge in [-0.2, -0.15) is 0 Å². The van der Waals surface area contributed by atoms with E-state index in [1.54, 1.807) is 0 Å². The van der Waals surface area contributed by atoms with Crippen molar-refractivity contribution in [3.63, 3.8) is 0 Å². The lowest BCUT2D eigenvalue weighted by molar-refractivity contribution is 0.348. The van der Waals surface area contributed by atoms with Crippen LogP contribution in [-0.2, 0) is 0 Å². The van der Waals surface area contributed by atoms with Crippen LogP contribution >= 0.6 is 0 Å². The van der Waals surface area contributed by atoms with Crippen molar-refractivity contribution in [3.05, 3.63) is 35.1 Å². The van der Waals surface area contributed by atoms with E-state index in [-0.39, 0.29) is 11.6 Å². The molecule has 13 heavy (non-hydrogen) atoms. The second-order valence-electron chi connectivity index (χ2n) is 3.05. The smallest absolute Gasteiger partial charge is 0.166 e. The summed E-state index contributed by atoms with van der Waals surface area (Å²) in [5.74, 6) is -2.75. The number of hydrogen-bond donors (Lipinski definition) is 1. The van der Waals surface area contributed by atoms with Crippen LogP contribution in [0.2, 0.25) is 0 Å². The lowest BCUT2D eigenvalue weighted by Gasteiger charge is -2.28. The average molecular weight is 187 g/mol.